The second-order valence-electron chi connectivity index (χ2n) is 2.36. The van der Waals surface area contributed by atoms with Crippen LogP contribution in [-0.4, -0.2) is 22.4 Å². The van der Waals surface area contributed by atoms with E-state index >= 15 is 0 Å². The van der Waals surface area contributed by atoms with E-state index < -0.39 is 11.5 Å². The lowest BCUT2D eigenvalue weighted by Crippen LogP contribution is -2.26. The standard InChI is InChI=1S/C7H13ClO2/c1-3-4-6(10)7(8)5(2)9/h5,7,9H,3-4H2,1-2H3. The third kappa shape index (κ3) is 3.18. The predicted octanol–water partition coefficient (Wildman–Crippen LogP) is 1.34. The van der Waals surface area contributed by atoms with Gasteiger partial charge in [0.25, 0.3) is 0 Å². The lowest BCUT2D eigenvalue weighted by atomic mass is 10.1. The Hall–Kier alpha value is -0.0800. The van der Waals surface area contributed by atoms with Crippen LogP contribution in [0.25, 0.3) is 0 Å². The molecule has 0 aliphatic heterocycles. The van der Waals surface area contributed by atoms with Crippen molar-refractivity contribution in [1.82, 2.24) is 0 Å². The lowest BCUT2D eigenvalue weighted by Gasteiger charge is -2.09. The predicted molar refractivity (Wildman–Crippen MR) is 41.2 cm³/mol. The normalized spacial score (nSPS) is 16.4. The summed E-state index contributed by atoms with van der Waals surface area (Å²) < 4.78 is 0. The van der Waals surface area contributed by atoms with Gasteiger partial charge in [-0.25, -0.2) is 0 Å². The van der Waals surface area contributed by atoms with Gasteiger partial charge < -0.3 is 5.11 Å². The Morgan fingerprint density at radius 3 is 2.50 bits per heavy atom. The summed E-state index contributed by atoms with van der Waals surface area (Å²) in [5.41, 5.74) is 0. The van der Waals surface area contributed by atoms with Gasteiger partial charge in [0.15, 0.2) is 5.78 Å². The molecule has 60 valence electrons. The van der Waals surface area contributed by atoms with Gasteiger partial charge in [0.2, 0.25) is 0 Å². The molecule has 2 unspecified atom stereocenters. The molecule has 1 N–H and O–H groups in total. The van der Waals surface area contributed by atoms with E-state index in [0.29, 0.717) is 6.42 Å². The number of carbonyl (C=O) groups is 1. The minimum absolute atomic E-state index is 0.0702. The number of halogens is 1. The molecule has 0 radical (unpaired) electrons. The Balaban J connectivity index is 3.71. The van der Waals surface area contributed by atoms with Crippen molar-refractivity contribution in [2.75, 3.05) is 0 Å². The van der Waals surface area contributed by atoms with E-state index in [0.717, 1.165) is 6.42 Å². The van der Waals surface area contributed by atoms with Crippen LogP contribution in [0.2, 0.25) is 0 Å². The number of Topliss-reactive ketones (excluding diaryl/α,β-unsaturated/α-hetero) is 1. The van der Waals surface area contributed by atoms with Crippen molar-refractivity contribution in [2.45, 2.75) is 38.2 Å². The van der Waals surface area contributed by atoms with Crippen LogP contribution in [-0.2, 0) is 4.79 Å². The lowest BCUT2D eigenvalue weighted by molar-refractivity contribution is -0.120. The summed E-state index contributed by atoms with van der Waals surface area (Å²) in [4.78, 5) is 10.9. The Labute approximate surface area is 66.2 Å². The molecule has 2 atom stereocenters. The van der Waals surface area contributed by atoms with E-state index in [1.165, 1.54) is 6.92 Å². The zero-order chi connectivity index (χ0) is 8.15. The molecule has 0 saturated heterocycles. The summed E-state index contributed by atoms with van der Waals surface area (Å²) in [6.07, 6.45) is 0.508. The first kappa shape index (κ1) is 9.92. The smallest absolute Gasteiger partial charge is 0.153 e. The number of rotatable bonds is 4. The van der Waals surface area contributed by atoms with Gasteiger partial charge in [-0.1, -0.05) is 6.92 Å². The van der Waals surface area contributed by atoms with Crippen LogP contribution in [0.4, 0.5) is 0 Å². The van der Waals surface area contributed by atoms with Crippen molar-refractivity contribution in [1.29, 1.82) is 0 Å². The SMILES string of the molecule is CCCC(=O)C(Cl)C(C)O. The van der Waals surface area contributed by atoms with Gasteiger partial charge in [-0.3, -0.25) is 4.79 Å². The fraction of sp³-hybridized carbons (Fsp3) is 0.857. The highest BCUT2D eigenvalue weighted by molar-refractivity contribution is 6.31. The maximum absolute atomic E-state index is 10.9. The maximum Gasteiger partial charge on any atom is 0.153 e. The number of aliphatic hydroxyl groups excluding tert-OH is 1. The molecule has 0 spiro atoms. The summed E-state index contributed by atoms with van der Waals surface area (Å²) in [5.74, 6) is -0.0702. The van der Waals surface area contributed by atoms with Crippen molar-refractivity contribution in [2.24, 2.45) is 0 Å². The first-order valence-electron chi connectivity index (χ1n) is 3.44. The van der Waals surface area contributed by atoms with E-state index in [4.69, 9.17) is 16.7 Å². The third-order valence-corrected chi connectivity index (χ3v) is 1.84. The second kappa shape index (κ2) is 4.69. The molecule has 2 nitrogen and oxygen atoms in total. The average molecular weight is 165 g/mol. The molecule has 0 aromatic carbocycles. The van der Waals surface area contributed by atoms with Gasteiger partial charge >= 0.3 is 0 Å². The van der Waals surface area contributed by atoms with E-state index in [9.17, 15) is 4.79 Å². The molecule has 0 aromatic heterocycles. The van der Waals surface area contributed by atoms with Gasteiger partial charge in [-0.05, 0) is 13.3 Å². The molecule has 0 fully saturated rings. The monoisotopic (exact) mass is 164 g/mol. The number of hydrogen-bond donors (Lipinski definition) is 1. The van der Waals surface area contributed by atoms with Crippen LogP contribution in [0.5, 0.6) is 0 Å². The van der Waals surface area contributed by atoms with Crippen LogP contribution in [0.15, 0.2) is 0 Å². The number of aliphatic hydroxyl groups is 1. The van der Waals surface area contributed by atoms with Crippen molar-refractivity contribution < 1.29 is 9.90 Å². The number of alkyl halides is 1. The Morgan fingerprint density at radius 2 is 2.20 bits per heavy atom. The molecule has 0 aliphatic carbocycles. The summed E-state index contributed by atoms with van der Waals surface area (Å²) >= 11 is 5.55. The molecule has 0 aromatic rings. The summed E-state index contributed by atoms with van der Waals surface area (Å²) in [6, 6.07) is 0. The van der Waals surface area contributed by atoms with Gasteiger partial charge in [0.1, 0.15) is 5.38 Å². The molecule has 0 aliphatic rings. The minimum atomic E-state index is -0.735. The fourth-order valence-electron chi connectivity index (χ4n) is 0.653. The number of carbonyl (C=O) groups excluding carboxylic acids is 1. The van der Waals surface area contributed by atoms with Gasteiger partial charge in [0, 0.05) is 6.42 Å². The van der Waals surface area contributed by atoms with Crippen LogP contribution in [0.3, 0.4) is 0 Å². The van der Waals surface area contributed by atoms with E-state index in [1.807, 2.05) is 6.92 Å². The molecule has 0 heterocycles. The molecule has 0 rings (SSSR count). The fourth-order valence-corrected chi connectivity index (χ4v) is 0.762. The summed E-state index contributed by atoms with van der Waals surface area (Å²) in [6.45, 7) is 3.43. The largest absolute Gasteiger partial charge is 0.391 e. The highest BCUT2D eigenvalue weighted by Gasteiger charge is 2.18. The molecule has 0 amide bonds. The van der Waals surface area contributed by atoms with Crippen molar-refractivity contribution >= 4 is 17.4 Å². The van der Waals surface area contributed by atoms with E-state index in [-0.39, 0.29) is 5.78 Å². The van der Waals surface area contributed by atoms with Gasteiger partial charge in [-0.15, -0.1) is 11.6 Å². The summed E-state index contributed by atoms with van der Waals surface area (Å²) in [5, 5.41) is 8.14. The van der Waals surface area contributed by atoms with Crippen molar-refractivity contribution in [3.8, 4) is 0 Å². The van der Waals surface area contributed by atoms with E-state index in [1.54, 1.807) is 0 Å². The van der Waals surface area contributed by atoms with Crippen LogP contribution < -0.4 is 0 Å². The molecule has 10 heavy (non-hydrogen) atoms. The van der Waals surface area contributed by atoms with Crippen molar-refractivity contribution in [3.05, 3.63) is 0 Å². The quantitative estimate of drug-likeness (QED) is 0.637. The maximum atomic E-state index is 10.9. The number of ketones is 1. The highest BCUT2D eigenvalue weighted by atomic mass is 35.5. The minimum Gasteiger partial charge on any atom is -0.391 e. The highest BCUT2D eigenvalue weighted by Crippen LogP contribution is 2.07. The Kier molecular flexibility index (Phi) is 4.65. The Bertz CT molecular complexity index is 112. The zero-order valence-electron chi connectivity index (χ0n) is 6.30. The van der Waals surface area contributed by atoms with E-state index in [2.05, 4.69) is 0 Å². The first-order chi connectivity index (χ1) is 4.59. The van der Waals surface area contributed by atoms with Crippen LogP contribution >= 0.6 is 11.6 Å². The average Bonchev–Trinajstić information content (AvgIpc) is 1.87. The second-order valence-corrected chi connectivity index (χ2v) is 2.83. The Morgan fingerprint density at radius 1 is 1.70 bits per heavy atom. The molecule has 0 bridgehead atoms. The number of hydrogen-bond acceptors (Lipinski definition) is 2. The third-order valence-electron chi connectivity index (χ3n) is 1.23. The van der Waals surface area contributed by atoms with Crippen LogP contribution in [0.1, 0.15) is 26.7 Å². The molecule has 0 saturated carbocycles. The molecular weight excluding hydrogens is 152 g/mol. The van der Waals surface area contributed by atoms with Gasteiger partial charge in [0.05, 0.1) is 6.10 Å². The summed E-state index contributed by atoms with van der Waals surface area (Å²) in [7, 11) is 0. The molecule has 3 heteroatoms. The van der Waals surface area contributed by atoms with Gasteiger partial charge in [-0.2, -0.15) is 0 Å². The zero-order valence-corrected chi connectivity index (χ0v) is 7.06. The van der Waals surface area contributed by atoms with Crippen molar-refractivity contribution in [3.63, 3.8) is 0 Å². The first-order valence-corrected chi connectivity index (χ1v) is 3.88. The van der Waals surface area contributed by atoms with Crippen LogP contribution in [0, 0.1) is 0 Å². The molecular formula is C7H13ClO2. The topological polar surface area (TPSA) is 37.3 Å².